The van der Waals surface area contributed by atoms with E-state index in [2.05, 4.69) is 0 Å². The minimum atomic E-state index is -4.37. The van der Waals surface area contributed by atoms with Gasteiger partial charge in [-0.2, -0.15) is 13.2 Å². The number of ether oxygens (including phenoxy) is 1. The molecular weight excluding hydrogens is 275 g/mol. The van der Waals surface area contributed by atoms with Gasteiger partial charge in [0.05, 0.1) is 5.41 Å². The van der Waals surface area contributed by atoms with Crippen LogP contribution in [-0.2, 0) is 4.74 Å². The molecule has 7 heteroatoms. The lowest BCUT2D eigenvalue weighted by molar-refractivity contribution is -0.241. The summed E-state index contributed by atoms with van der Waals surface area (Å²) in [6.07, 6.45) is -5.67. The van der Waals surface area contributed by atoms with Crippen molar-refractivity contribution in [3.63, 3.8) is 0 Å². The van der Waals surface area contributed by atoms with Crippen LogP contribution in [0.1, 0.15) is 40.0 Å². The second-order valence-electron chi connectivity index (χ2n) is 6.22. The molecule has 0 saturated carbocycles. The van der Waals surface area contributed by atoms with Gasteiger partial charge in [0.15, 0.2) is 0 Å². The summed E-state index contributed by atoms with van der Waals surface area (Å²) in [4.78, 5) is 13.1. The van der Waals surface area contributed by atoms with E-state index in [1.54, 1.807) is 20.8 Å². The predicted molar refractivity (Wildman–Crippen MR) is 67.2 cm³/mol. The smallest absolute Gasteiger partial charge is 0.410 e. The zero-order valence-electron chi connectivity index (χ0n) is 12.1. The Bertz CT molecular complexity index is 342. The molecule has 1 aliphatic heterocycles. The number of piperidine rings is 1. The fourth-order valence-corrected chi connectivity index (χ4v) is 2.33. The molecule has 118 valence electrons. The van der Waals surface area contributed by atoms with Crippen LogP contribution in [0.3, 0.4) is 0 Å². The minimum absolute atomic E-state index is 0.00553. The molecule has 0 aliphatic carbocycles. The van der Waals surface area contributed by atoms with Crippen LogP contribution < -0.4 is 0 Å². The van der Waals surface area contributed by atoms with Crippen molar-refractivity contribution in [3.8, 4) is 0 Å². The molecule has 0 spiro atoms. The number of carbonyl (C=O) groups is 1. The summed E-state index contributed by atoms with van der Waals surface area (Å²) >= 11 is 0. The van der Waals surface area contributed by atoms with Crippen LogP contribution in [0.15, 0.2) is 0 Å². The molecule has 1 rings (SSSR count). The zero-order chi connectivity index (χ0) is 15.6. The number of hydrogen-bond donors (Lipinski definition) is 1. The van der Waals surface area contributed by atoms with Gasteiger partial charge < -0.3 is 14.7 Å². The Kier molecular flexibility index (Phi) is 4.94. The largest absolute Gasteiger partial charge is 0.444 e. The molecule has 0 radical (unpaired) electrons. The van der Waals surface area contributed by atoms with Crippen LogP contribution in [0.25, 0.3) is 0 Å². The third kappa shape index (κ3) is 4.01. The van der Waals surface area contributed by atoms with Gasteiger partial charge in [0.2, 0.25) is 0 Å². The lowest BCUT2D eigenvalue weighted by Crippen LogP contribution is -2.50. The molecule has 0 unspecified atom stereocenters. The van der Waals surface area contributed by atoms with Gasteiger partial charge in [-0.25, -0.2) is 4.79 Å². The number of aliphatic hydroxyl groups excluding tert-OH is 1. The van der Waals surface area contributed by atoms with E-state index >= 15 is 0 Å². The van der Waals surface area contributed by atoms with Gasteiger partial charge in [0.25, 0.3) is 0 Å². The number of halogens is 3. The first-order chi connectivity index (χ1) is 9.01. The van der Waals surface area contributed by atoms with E-state index in [4.69, 9.17) is 9.84 Å². The molecule has 0 aromatic rings. The maximum Gasteiger partial charge on any atom is 0.410 e. The first-order valence-corrected chi connectivity index (χ1v) is 6.66. The zero-order valence-corrected chi connectivity index (χ0v) is 12.1. The first-order valence-electron chi connectivity index (χ1n) is 6.66. The molecule has 0 bridgehead atoms. The number of amides is 1. The molecule has 1 amide bonds. The molecule has 0 aromatic carbocycles. The summed E-state index contributed by atoms with van der Waals surface area (Å²) in [5, 5.41) is 8.87. The predicted octanol–water partition coefficient (Wildman–Crippen LogP) is 2.95. The normalized spacial score (nSPS) is 19.9. The second-order valence-corrected chi connectivity index (χ2v) is 6.22. The highest BCUT2D eigenvalue weighted by Gasteiger charge is 2.55. The Hall–Kier alpha value is -0.980. The number of likely N-dealkylation sites (tertiary alicyclic amines) is 1. The Morgan fingerprint density at radius 1 is 1.25 bits per heavy atom. The highest BCUT2D eigenvalue weighted by Crippen LogP contribution is 2.48. The van der Waals surface area contributed by atoms with Gasteiger partial charge >= 0.3 is 12.3 Å². The number of nitrogens with zero attached hydrogens (tertiary/aromatic N) is 1. The maximum atomic E-state index is 13.1. The number of carbonyl (C=O) groups excluding carboxylic acids is 1. The molecular formula is C13H22F3NO3. The van der Waals surface area contributed by atoms with Crippen LogP contribution in [0.5, 0.6) is 0 Å². The van der Waals surface area contributed by atoms with Gasteiger partial charge in [-0.15, -0.1) is 0 Å². The Balaban J connectivity index is 2.68. The standard InChI is InChI=1S/C13H22F3NO3/c1-11(2,3)20-10(19)17-7-4-12(5-8-17,6-9-18)13(14,15)16/h18H,4-9H2,1-3H3. The summed E-state index contributed by atoms with van der Waals surface area (Å²) in [5.41, 5.74) is -2.55. The summed E-state index contributed by atoms with van der Waals surface area (Å²) < 4.78 is 44.6. The van der Waals surface area contributed by atoms with Crippen molar-refractivity contribution in [1.82, 2.24) is 4.90 Å². The van der Waals surface area contributed by atoms with E-state index in [1.165, 1.54) is 4.90 Å². The molecule has 1 N–H and O–H groups in total. The molecule has 1 saturated heterocycles. The van der Waals surface area contributed by atoms with E-state index in [1.807, 2.05) is 0 Å². The topological polar surface area (TPSA) is 49.8 Å². The lowest BCUT2D eigenvalue weighted by Gasteiger charge is -2.42. The van der Waals surface area contributed by atoms with E-state index in [-0.39, 0.29) is 32.4 Å². The van der Waals surface area contributed by atoms with Crippen molar-refractivity contribution in [2.75, 3.05) is 19.7 Å². The van der Waals surface area contributed by atoms with E-state index in [0.29, 0.717) is 0 Å². The number of alkyl halides is 3. The Morgan fingerprint density at radius 3 is 2.10 bits per heavy atom. The third-order valence-electron chi connectivity index (χ3n) is 3.56. The van der Waals surface area contributed by atoms with Gasteiger partial charge in [0, 0.05) is 19.7 Å². The highest BCUT2D eigenvalue weighted by atomic mass is 19.4. The fraction of sp³-hybridized carbons (Fsp3) is 0.923. The van der Waals surface area contributed by atoms with Crippen molar-refractivity contribution < 1.29 is 27.8 Å². The van der Waals surface area contributed by atoms with Crippen molar-refractivity contribution in [2.45, 2.75) is 51.8 Å². The molecule has 1 fully saturated rings. The molecule has 1 heterocycles. The Morgan fingerprint density at radius 2 is 1.75 bits per heavy atom. The van der Waals surface area contributed by atoms with Crippen LogP contribution in [0.2, 0.25) is 0 Å². The summed E-state index contributed by atoms with van der Waals surface area (Å²) in [7, 11) is 0. The molecule has 0 aromatic heterocycles. The van der Waals surface area contributed by atoms with E-state index < -0.39 is 29.9 Å². The molecule has 0 atom stereocenters. The SMILES string of the molecule is CC(C)(C)OC(=O)N1CCC(CCO)(C(F)(F)F)CC1. The second kappa shape index (κ2) is 5.79. The fourth-order valence-electron chi connectivity index (χ4n) is 2.33. The Labute approximate surface area is 116 Å². The number of aliphatic hydroxyl groups is 1. The average molecular weight is 297 g/mol. The number of rotatable bonds is 2. The van der Waals surface area contributed by atoms with Crippen molar-refractivity contribution in [3.05, 3.63) is 0 Å². The van der Waals surface area contributed by atoms with Crippen LogP contribution in [0.4, 0.5) is 18.0 Å². The lowest BCUT2D eigenvalue weighted by atomic mass is 9.75. The summed E-state index contributed by atoms with van der Waals surface area (Å²) in [5.74, 6) is 0. The van der Waals surface area contributed by atoms with E-state index in [9.17, 15) is 18.0 Å². The average Bonchev–Trinajstić information content (AvgIpc) is 2.26. The van der Waals surface area contributed by atoms with Gasteiger partial charge in [-0.05, 0) is 40.0 Å². The van der Waals surface area contributed by atoms with Crippen molar-refractivity contribution in [1.29, 1.82) is 0 Å². The third-order valence-corrected chi connectivity index (χ3v) is 3.56. The van der Waals surface area contributed by atoms with Crippen LogP contribution >= 0.6 is 0 Å². The highest BCUT2D eigenvalue weighted by molar-refractivity contribution is 5.68. The number of hydrogen-bond acceptors (Lipinski definition) is 3. The van der Waals surface area contributed by atoms with Gasteiger partial charge in [-0.1, -0.05) is 0 Å². The van der Waals surface area contributed by atoms with Crippen molar-refractivity contribution in [2.24, 2.45) is 5.41 Å². The summed E-state index contributed by atoms with van der Waals surface area (Å²) in [6, 6.07) is 0. The molecule has 4 nitrogen and oxygen atoms in total. The van der Waals surface area contributed by atoms with Gasteiger partial charge in [0.1, 0.15) is 5.60 Å². The van der Waals surface area contributed by atoms with E-state index in [0.717, 1.165) is 0 Å². The van der Waals surface area contributed by atoms with Crippen molar-refractivity contribution >= 4 is 6.09 Å². The minimum Gasteiger partial charge on any atom is -0.444 e. The molecule has 20 heavy (non-hydrogen) atoms. The first kappa shape index (κ1) is 17.1. The van der Waals surface area contributed by atoms with Crippen LogP contribution in [0, 0.1) is 5.41 Å². The van der Waals surface area contributed by atoms with Crippen LogP contribution in [-0.4, -0.2) is 47.6 Å². The summed E-state index contributed by atoms with van der Waals surface area (Å²) in [6.45, 7) is 4.61. The quantitative estimate of drug-likeness (QED) is 0.852. The monoisotopic (exact) mass is 297 g/mol. The van der Waals surface area contributed by atoms with Gasteiger partial charge in [-0.3, -0.25) is 0 Å². The molecule has 1 aliphatic rings. The maximum absolute atomic E-state index is 13.1.